The van der Waals surface area contributed by atoms with Crippen molar-refractivity contribution in [1.29, 1.82) is 0 Å². The number of aromatic carboxylic acids is 1. The summed E-state index contributed by atoms with van der Waals surface area (Å²) in [4.78, 5) is 26.8. The van der Waals surface area contributed by atoms with Crippen molar-refractivity contribution >= 4 is 29.1 Å². The number of benzene rings is 2. The maximum Gasteiger partial charge on any atom is 0.335 e. The highest BCUT2D eigenvalue weighted by Crippen LogP contribution is 2.15. The lowest BCUT2D eigenvalue weighted by Gasteiger charge is -2.10. The fourth-order valence-electron chi connectivity index (χ4n) is 2.62. The molecule has 0 fully saturated rings. The summed E-state index contributed by atoms with van der Waals surface area (Å²) in [5.74, 6) is -0.270. The third kappa shape index (κ3) is 3.67. The van der Waals surface area contributed by atoms with E-state index in [4.69, 9.17) is 22.1 Å². The van der Waals surface area contributed by atoms with E-state index in [-0.39, 0.29) is 15.9 Å². The zero-order chi connectivity index (χ0) is 18.7. The molecule has 3 aromatic rings. The normalized spacial score (nSPS) is 10.8. The van der Waals surface area contributed by atoms with Crippen LogP contribution in [-0.4, -0.2) is 27.2 Å². The third-order valence-corrected chi connectivity index (χ3v) is 4.29. The van der Waals surface area contributed by atoms with Gasteiger partial charge in [-0.25, -0.2) is 4.79 Å². The van der Waals surface area contributed by atoms with Crippen molar-refractivity contribution in [3.8, 4) is 5.75 Å². The van der Waals surface area contributed by atoms with Crippen molar-refractivity contribution in [1.82, 2.24) is 9.55 Å². The Morgan fingerprint density at radius 1 is 1.23 bits per heavy atom. The number of fused-ring (bicyclic) bond motifs is 1. The van der Waals surface area contributed by atoms with Crippen molar-refractivity contribution in [3.05, 3.63) is 68.7 Å². The number of hydrogen-bond acceptors (Lipinski definition) is 4. The van der Waals surface area contributed by atoms with Gasteiger partial charge in [0.05, 0.1) is 29.6 Å². The molecule has 1 heterocycles. The van der Waals surface area contributed by atoms with Gasteiger partial charge in [-0.05, 0) is 54.5 Å². The number of aromatic amines is 1. The predicted molar refractivity (Wildman–Crippen MR) is 102 cm³/mol. The van der Waals surface area contributed by atoms with E-state index in [1.54, 1.807) is 0 Å². The second-order valence-corrected chi connectivity index (χ2v) is 6.27. The smallest absolute Gasteiger partial charge is 0.335 e. The molecule has 0 unspecified atom stereocenters. The van der Waals surface area contributed by atoms with Gasteiger partial charge in [0.25, 0.3) is 5.56 Å². The second-order valence-electron chi connectivity index (χ2n) is 5.88. The standard InChI is InChI=1S/C19H18N2O4S/c1-2-9-25-14-6-3-12(4-7-14)11-21-17(22)15-8-5-13(18(23)24)10-16(15)20-19(21)26/h3-8,10H,2,9,11H2,1H3,(H,20,26)(H,23,24). The molecular weight excluding hydrogens is 352 g/mol. The summed E-state index contributed by atoms with van der Waals surface area (Å²) >= 11 is 5.29. The lowest BCUT2D eigenvalue weighted by atomic mass is 10.1. The molecule has 2 aromatic carbocycles. The van der Waals surface area contributed by atoms with Gasteiger partial charge >= 0.3 is 5.97 Å². The van der Waals surface area contributed by atoms with E-state index in [1.807, 2.05) is 31.2 Å². The molecule has 0 aliphatic rings. The first-order valence-electron chi connectivity index (χ1n) is 8.21. The summed E-state index contributed by atoms with van der Waals surface area (Å²) in [6.45, 7) is 3.02. The molecule has 0 amide bonds. The van der Waals surface area contributed by atoms with Gasteiger partial charge in [-0.3, -0.25) is 9.36 Å². The van der Waals surface area contributed by atoms with E-state index in [2.05, 4.69) is 4.98 Å². The number of H-pyrrole nitrogens is 1. The molecule has 0 spiro atoms. The molecule has 3 rings (SSSR count). The van der Waals surface area contributed by atoms with E-state index in [9.17, 15) is 9.59 Å². The van der Waals surface area contributed by atoms with Crippen LogP contribution >= 0.6 is 12.2 Å². The number of carboxylic acids is 1. The average Bonchev–Trinajstić information content (AvgIpc) is 2.64. The van der Waals surface area contributed by atoms with Crippen LogP contribution in [0.5, 0.6) is 5.75 Å². The Labute approximate surface area is 154 Å². The Kier molecular flexibility index (Phi) is 5.18. The van der Waals surface area contributed by atoms with Crippen molar-refractivity contribution in [2.75, 3.05) is 6.61 Å². The molecule has 26 heavy (non-hydrogen) atoms. The van der Waals surface area contributed by atoms with Gasteiger partial charge in [0.2, 0.25) is 0 Å². The molecule has 0 radical (unpaired) electrons. The SMILES string of the molecule is CCCOc1ccc(Cn2c(=S)[nH]c3cc(C(=O)O)ccc3c2=O)cc1. The van der Waals surface area contributed by atoms with Gasteiger partial charge in [-0.15, -0.1) is 0 Å². The summed E-state index contributed by atoms with van der Waals surface area (Å²) in [6, 6.07) is 11.8. The Morgan fingerprint density at radius 3 is 2.62 bits per heavy atom. The van der Waals surface area contributed by atoms with E-state index in [0.717, 1.165) is 17.7 Å². The van der Waals surface area contributed by atoms with Crippen LogP contribution in [0, 0.1) is 4.77 Å². The zero-order valence-corrected chi connectivity index (χ0v) is 15.0. The van der Waals surface area contributed by atoms with Crippen LogP contribution in [0.1, 0.15) is 29.3 Å². The minimum Gasteiger partial charge on any atom is -0.494 e. The van der Waals surface area contributed by atoms with Crippen molar-refractivity contribution in [2.24, 2.45) is 0 Å². The van der Waals surface area contributed by atoms with Gasteiger partial charge in [0.15, 0.2) is 4.77 Å². The highest BCUT2D eigenvalue weighted by molar-refractivity contribution is 7.71. The number of rotatable bonds is 6. The number of ether oxygens (including phenoxy) is 1. The summed E-state index contributed by atoms with van der Waals surface area (Å²) in [5.41, 5.74) is 1.17. The summed E-state index contributed by atoms with van der Waals surface area (Å²) in [5, 5.41) is 9.47. The second kappa shape index (κ2) is 7.53. The molecule has 0 saturated carbocycles. The van der Waals surface area contributed by atoms with Crippen LogP contribution in [0.4, 0.5) is 0 Å². The number of aromatic nitrogens is 2. The summed E-state index contributed by atoms with van der Waals surface area (Å²) < 4.78 is 7.26. The fourth-order valence-corrected chi connectivity index (χ4v) is 2.88. The quantitative estimate of drug-likeness (QED) is 0.648. The first-order valence-corrected chi connectivity index (χ1v) is 8.62. The topological polar surface area (TPSA) is 84.3 Å². The fraction of sp³-hybridized carbons (Fsp3) is 0.211. The molecule has 1 aromatic heterocycles. The maximum absolute atomic E-state index is 12.7. The predicted octanol–water partition coefficient (Wildman–Crippen LogP) is 3.59. The molecule has 0 aliphatic carbocycles. The molecule has 0 aliphatic heterocycles. The van der Waals surface area contributed by atoms with E-state index < -0.39 is 5.97 Å². The number of carboxylic acid groups (broad SMARTS) is 1. The molecule has 0 bridgehead atoms. The molecule has 0 atom stereocenters. The van der Waals surface area contributed by atoms with E-state index in [1.165, 1.54) is 22.8 Å². The monoisotopic (exact) mass is 370 g/mol. The van der Waals surface area contributed by atoms with Crippen molar-refractivity contribution in [2.45, 2.75) is 19.9 Å². The van der Waals surface area contributed by atoms with Crippen LogP contribution in [0.25, 0.3) is 10.9 Å². The third-order valence-electron chi connectivity index (χ3n) is 3.97. The molecule has 0 saturated heterocycles. The Morgan fingerprint density at radius 2 is 1.96 bits per heavy atom. The van der Waals surface area contributed by atoms with E-state index in [0.29, 0.717) is 24.1 Å². The molecular formula is C19H18N2O4S. The lowest BCUT2D eigenvalue weighted by molar-refractivity contribution is 0.0697. The first-order chi connectivity index (χ1) is 12.5. The van der Waals surface area contributed by atoms with Gasteiger partial charge in [0.1, 0.15) is 5.75 Å². The lowest BCUT2D eigenvalue weighted by Crippen LogP contribution is -2.23. The largest absolute Gasteiger partial charge is 0.494 e. The summed E-state index contributed by atoms with van der Waals surface area (Å²) in [6.07, 6.45) is 0.937. The van der Waals surface area contributed by atoms with Crippen molar-refractivity contribution in [3.63, 3.8) is 0 Å². The number of carbonyl (C=O) groups is 1. The molecule has 7 heteroatoms. The Bertz CT molecular complexity index is 1070. The van der Waals surface area contributed by atoms with E-state index >= 15 is 0 Å². The Hall–Kier alpha value is -2.93. The van der Waals surface area contributed by atoms with Crippen LogP contribution in [0.15, 0.2) is 47.3 Å². The number of nitrogens with one attached hydrogen (secondary N) is 1. The van der Waals surface area contributed by atoms with Gasteiger partial charge in [-0.1, -0.05) is 19.1 Å². The van der Waals surface area contributed by atoms with Crippen LogP contribution in [0.2, 0.25) is 0 Å². The molecule has 2 N–H and O–H groups in total. The molecule has 134 valence electrons. The zero-order valence-electron chi connectivity index (χ0n) is 14.2. The van der Waals surface area contributed by atoms with Crippen LogP contribution < -0.4 is 10.3 Å². The number of hydrogen-bond donors (Lipinski definition) is 2. The van der Waals surface area contributed by atoms with Gasteiger partial charge < -0.3 is 14.8 Å². The minimum absolute atomic E-state index is 0.1000. The van der Waals surface area contributed by atoms with Crippen LogP contribution in [-0.2, 0) is 6.54 Å². The van der Waals surface area contributed by atoms with Crippen molar-refractivity contribution < 1.29 is 14.6 Å². The van der Waals surface area contributed by atoms with Crippen LogP contribution in [0.3, 0.4) is 0 Å². The van der Waals surface area contributed by atoms with Gasteiger partial charge in [-0.2, -0.15) is 0 Å². The highest BCUT2D eigenvalue weighted by atomic mass is 32.1. The maximum atomic E-state index is 12.7. The van der Waals surface area contributed by atoms with Gasteiger partial charge in [0, 0.05) is 0 Å². The Balaban J connectivity index is 1.95. The minimum atomic E-state index is -1.05. The highest BCUT2D eigenvalue weighted by Gasteiger charge is 2.10. The average molecular weight is 370 g/mol. The first kappa shape index (κ1) is 17.9. The summed E-state index contributed by atoms with van der Waals surface area (Å²) in [7, 11) is 0. The molecule has 6 nitrogen and oxygen atoms in total. The number of nitrogens with zero attached hydrogens (tertiary/aromatic N) is 1.